The van der Waals surface area contributed by atoms with Crippen LogP contribution >= 0.6 is 0 Å². The Hall–Kier alpha value is -3.85. The molecule has 3 aromatic rings. The van der Waals surface area contributed by atoms with E-state index in [1.54, 1.807) is 24.3 Å². The highest BCUT2D eigenvalue weighted by molar-refractivity contribution is 7.92. The van der Waals surface area contributed by atoms with Crippen LogP contribution in [0.2, 0.25) is 0 Å². The van der Waals surface area contributed by atoms with Gasteiger partial charge in [-0.1, -0.05) is 42.5 Å². The fourth-order valence-corrected chi connectivity index (χ4v) is 4.80. The van der Waals surface area contributed by atoms with Gasteiger partial charge in [-0.05, 0) is 53.9 Å². The van der Waals surface area contributed by atoms with Gasteiger partial charge in [0, 0.05) is 26.1 Å². The van der Waals surface area contributed by atoms with E-state index in [-0.39, 0.29) is 19.0 Å². The van der Waals surface area contributed by atoms with E-state index in [1.165, 1.54) is 0 Å². The number of likely N-dealkylation sites (tertiary alicyclic amines) is 1. The molecule has 0 unspecified atom stereocenters. The van der Waals surface area contributed by atoms with Crippen molar-refractivity contribution in [1.29, 1.82) is 0 Å². The molecule has 0 spiro atoms. The number of anilines is 1. The molecule has 1 N–H and O–H groups in total. The molecular formula is C27H29N3O5S. The molecule has 1 fully saturated rings. The van der Waals surface area contributed by atoms with Gasteiger partial charge in [0.1, 0.15) is 18.0 Å². The molecule has 8 nitrogen and oxygen atoms in total. The van der Waals surface area contributed by atoms with Crippen LogP contribution in [-0.4, -0.2) is 44.5 Å². The van der Waals surface area contributed by atoms with Crippen molar-refractivity contribution in [2.24, 2.45) is 0 Å². The van der Waals surface area contributed by atoms with Gasteiger partial charge >= 0.3 is 0 Å². The van der Waals surface area contributed by atoms with Gasteiger partial charge in [-0.25, -0.2) is 8.42 Å². The van der Waals surface area contributed by atoms with E-state index in [0.717, 1.165) is 34.7 Å². The summed E-state index contributed by atoms with van der Waals surface area (Å²) in [5.74, 6) is 0.986. The van der Waals surface area contributed by atoms with Crippen LogP contribution in [0.1, 0.15) is 24.0 Å². The molecule has 188 valence electrons. The fraction of sp³-hybridized carbons (Fsp3) is 0.259. The molecule has 1 aliphatic heterocycles. The van der Waals surface area contributed by atoms with E-state index in [1.807, 2.05) is 59.5 Å². The lowest BCUT2D eigenvalue weighted by atomic mass is 10.1. The third-order valence-corrected chi connectivity index (χ3v) is 6.99. The van der Waals surface area contributed by atoms with Crippen LogP contribution < -0.4 is 14.4 Å². The lowest BCUT2D eigenvalue weighted by Gasteiger charge is -2.22. The second kappa shape index (κ2) is 11.3. The van der Waals surface area contributed by atoms with E-state index in [4.69, 9.17) is 4.74 Å². The molecule has 0 saturated carbocycles. The summed E-state index contributed by atoms with van der Waals surface area (Å²) in [6, 6.07) is 23.5. The highest BCUT2D eigenvalue weighted by Crippen LogP contribution is 2.25. The summed E-state index contributed by atoms with van der Waals surface area (Å²) >= 11 is 0. The summed E-state index contributed by atoms with van der Waals surface area (Å²) < 4.78 is 31.6. The summed E-state index contributed by atoms with van der Waals surface area (Å²) in [7, 11) is -3.69. The topological polar surface area (TPSA) is 96.0 Å². The number of amides is 2. The smallest absolute Gasteiger partial charge is 0.241 e. The number of carbonyl (C=O) groups is 2. The van der Waals surface area contributed by atoms with E-state index in [2.05, 4.69) is 5.32 Å². The van der Waals surface area contributed by atoms with Crippen molar-refractivity contribution < 1.29 is 22.7 Å². The molecule has 3 aromatic carbocycles. The van der Waals surface area contributed by atoms with Crippen LogP contribution in [0.3, 0.4) is 0 Å². The number of carbonyl (C=O) groups excluding carboxylic acids is 2. The molecular weight excluding hydrogens is 478 g/mol. The molecule has 1 aliphatic rings. The third-order valence-electron chi connectivity index (χ3n) is 5.85. The summed E-state index contributed by atoms with van der Waals surface area (Å²) in [6.45, 7) is 1.30. The predicted octanol–water partition coefficient (Wildman–Crippen LogP) is 3.68. The Morgan fingerprint density at radius 1 is 0.944 bits per heavy atom. The minimum absolute atomic E-state index is 0.181. The molecule has 0 aliphatic carbocycles. The molecule has 9 heteroatoms. The van der Waals surface area contributed by atoms with E-state index in [0.29, 0.717) is 30.2 Å². The summed E-state index contributed by atoms with van der Waals surface area (Å²) in [6.07, 6.45) is 2.58. The van der Waals surface area contributed by atoms with Gasteiger partial charge in [0.2, 0.25) is 21.8 Å². The molecule has 1 saturated heterocycles. The van der Waals surface area contributed by atoms with Gasteiger partial charge in [0.25, 0.3) is 0 Å². The number of rotatable bonds is 10. The third kappa shape index (κ3) is 6.85. The maximum Gasteiger partial charge on any atom is 0.241 e. The van der Waals surface area contributed by atoms with Gasteiger partial charge in [0.05, 0.1) is 11.9 Å². The van der Waals surface area contributed by atoms with Gasteiger partial charge in [0.15, 0.2) is 0 Å². The van der Waals surface area contributed by atoms with Crippen LogP contribution in [0, 0.1) is 0 Å². The number of hydrogen-bond donors (Lipinski definition) is 1. The molecule has 0 bridgehead atoms. The van der Waals surface area contributed by atoms with Crippen molar-refractivity contribution in [3.05, 3.63) is 90.0 Å². The standard InChI is InChI=1S/C27H29N3O5S/c1-36(33,34)30(23-13-15-25(16-14-23)35-24-6-3-2-4-7-24)20-26(31)28-18-21-9-11-22(12-10-21)19-29-17-5-8-27(29)32/h2-4,6-7,9-16H,5,8,17-20H2,1H3,(H,28,31). The fourth-order valence-electron chi connectivity index (χ4n) is 3.95. The van der Waals surface area contributed by atoms with Crippen LogP contribution in [-0.2, 0) is 32.7 Å². The second-order valence-corrected chi connectivity index (χ2v) is 10.6. The zero-order valence-electron chi connectivity index (χ0n) is 20.1. The quantitative estimate of drug-likeness (QED) is 0.452. The van der Waals surface area contributed by atoms with E-state index >= 15 is 0 Å². The molecule has 0 atom stereocenters. The summed E-state index contributed by atoms with van der Waals surface area (Å²) in [5, 5.41) is 2.78. The molecule has 1 heterocycles. The number of ether oxygens (including phenoxy) is 1. The minimum atomic E-state index is -3.69. The zero-order valence-corrected chi connectivity index (χ0v) is 20.9. The highest BCUT2D eigenvalue weighted by Gasteiger charge is 2.21. The normalized spacial score (nSPS) is 13.5. The summed E-state index contributed by atoms with van der Waals surface area (Å²) in [5.41, 5.74) is 2.28. The Labute approximate surface area is 211 Å². The first kappa shape index (κ1) is 25.2. The predicted molar refractivity (Wildman–Crippen MR) is 138 cm³/mol. The lowest BCUT2D eigenvalue weighted by molar-refractivity contribution is -0.128. The van der Waals surface area contributed by atoms with E-state index < -0.39 is 15.9 Å². The van der Waals surface area contributed by atoms with Gasteiger partial charge in [-0.15, -0.1) is 0 Å². The second-order valence-electron chi connectivity index (χ2n) is 8.69. The molecule has 2 amide bonds. The Kier molecular flexibility index (Phi) is 7.90. The van der Waals surface area contributed by atoms with Crippen molar-refractivity contribution in [1.82, 2.24) is 10.2 Å². The molecule has 4 rings (SSSR count). The first-order valence-corrected chi connectivity index (χ1v) is 13.6. The van der Waals surface area contributed by atoms with Crippen LogP contribution in [0.4, 0.5) is 5.69 Å². The van der Waals surface area contributed by atoms with Crippen molar-refractivity contribution in [2.75, 3.05) is 23.7 Å². The number of para-hydroxylation sites is 1. The first-order chi connectivity index (χ1) is 17.3. The van der Waals surface area contributed by atoms with Crippen LogP contribution in [0.5, 0.6) is 11.5 Å². The number of sulfonamides is 1. The number of hydrogen-bond acceptors (Lipinski definition) is 5. The Balaban J connectivity index is 1.33. The average molecular weight is 508 g/mol. The molecule has 0 radical (unpaired) electrons. The van der Waals surface area contributed by atoms with Crippen molar-refractivity contribution in [3.63, 3.8) is 0 Å². The maximum atomic E-state index is 12.6. The first-order valence-electron chi connectivity index (χ1n) is 11.7. The Morgan fingerprint density at radius 3 is 2.19 bits per heavy atom. The monoisotopic (exact) mass is 507 g/mol. The van der Waals surface area contributed by atoms with Crippen molar-refractivity contribution in [2.45, 2.75) is 25.9 Å². The average Bonchev–Trinajstić information content (AvgIpc) is 3.27. The molecule has 0 aromatic heterocycles. The van der Waals surface area contributed by atoms with Gasteiger partial charge in [-0.2, -0.15) is 0 Å². The SMILES string of the molecule is CS(=O)(=O)N(CC(=O)NCc1ccc(CN2CCCC2=O)cc1)c1ccc(Oc2ccccc2)cc1. The van der Waals surface area contributed by atoms with Crippen LogP contribution in [0.15, 0.2) is 78.9 Å². The number of benzene rings is 3. The number of nitrogens with zero attached hydrogens (tertiary/aromatic N) is 2. The van der Waals surface area contributed by atoms with E-state index in [9.17, 15) is 18.0 Å². The van der Waals surface area contributed by atoms with Crippen LogP contribution in [0.25, 0.3) is 0 Å². The zero-order chi connectivity index (χ0) is 25.5. The summed E-state index contributed by atoms with van der Waals surface area (Å²) in [4.78, 5) is 26.2. The van der Waals surface area contributed by atoms with Crippen molar-refractivity contribution >= 4 is 27.5 Å². The highest BCUT2D eigenvalue weighted by atomic mass is 32.2. The minimum Gasteiger partial charge on any atom is -0.457 e. The Morgan fingerprint density at radius 2 is 1.58 bits per heavy atom. The van der Waals surface area contributed by atoms with Crippen molar-refractivity contribution in [3.8, 4) is 11.5 Å². The largest absolute Gasteiger partial charge is 0.457 e. The Bertz CT molecular complexity index is 1290. The maximum absolute atomic E-state index is 12.6. The lowest BCUT2D eigenvalue weighted by Crippen LogP contribution is -2.40. The molecule has 36 heavy (non-hydrogen) atoms. The number of nitrogens with one attached hydrogen (secondary N) is 1. The van der Waals surface area contributed by atoms with Gasteiger partial charge < -0.3 is 15.0 Å². The van der Waals surface area contributed by atoms with Gasteiger partial charge in [-0.3, -0.25) is 13.9 Å².